The fourth-order valence-corrected chi connectivity index (χ4v) is 3.22. The Morgan fingerprint density at radius 3 is 2.22 bits per heavy atom. The van der Waals surface area contributed by atoms with Crippen molar-refractivity contribution in [2.45, 2.75) is 18.9 Å². The Morgan fingerprint density at radius 2 is 1.63 bits per heavy atom. The molecule has 2 aromatic carbocycles. The van der Waals surface area contributed by atoms with E-state index in [0.29, 0.717) is 37.1 Å². The lowest BCUT2D eigenvalue weighted by Crippen LogP contribution is -2.46. The maximum absolute atomic E-state index is 13.8. The summed E-state index contributed by atoms with van der Waals surface area (Å²) in [5.74, 6) is -1.01. The van der Waals surface area contributed by atoms with Gasteiger partial charge in [0, 0.05) is 30.3 Å². The highest BCUT2D eigenvalue weighted by Crippen LogP contribution is 2.16. The minimum atomic E-state index is -0.515. The number of nitrogens with zero attached hydrogens (tertiary/aromatic N) is 1. The molecule has 7 heteroatoms. The first kappa shape index (κ1) is 19.0. The van der Waals surface area contributed by atoms with Gasteiger partial charge >= 0.3 is 0 Å². The summed E-state index contributed by atoms with van der Waals surface area (Å²) in [7, 11) is 0. The summed E-state index contributed by atoms with van der Waals surface area (Å²) in [5, 5.41) is 2.98. The maximum atomic E-state index is 13.8. The molecule has 3 rings (SSSR count). The van der Waals surface area contributed by atoms with Gasteiger partial charge in [-0.15, -0.1) is 0 Å². The number of piperidine rings is 1. The molecule has 27 heavy (non-hydrogen) atoms. The number of amides is 2. The van der Waals surface area contributed by atoms with E-state index in [4.69, 9.17) is 18.0 Å². The SMILES string of the molecule is NC(=S)c1ccc(C(=O)NC2CCN(C(=O)c3ccccc3F)CC2)cc1. The Hall–Kier alpha value is -2.80. The predicted molar refractivity (Wildman–Crippen MR) is 105 cm³/mol. The van der Waals surface area contributed by atoms with Crippen LogP contribution in [0.1, 0.15) is 39.1 Å². The van der Waals surface area contributed by atoms with Gasteiger partial charge in [-0.2, -0.15) is 0 Å². The third-order valence-corrected chi connectivity index (χ3v) is 4.89. The van der Waals surface area contributed by atoms with Gasteiger partial charge in [0.15, 0.2) is 0 Å². The molecule has 1 saturated heterocycles. The van der Waals surface area contributed by atoms with Gasteiger partial charge < -0.3 is 16.0 Å². The van der Waals surface area contributed by atoms with Crippen LogP contribution in [0, 0.1) is 5.82 Å². The van der Waals surface area contributed by atoms with Crippen LogP contribution in [0.3, 0.4) is 0 Å². The van der Waals surface area contributed by atoms with Crippen molar-refractivity contribution in [3.05, 3.63) is 71.0 Å². The van der Waals surface area contributed by atoms with E-state index in [1.165, 1.54) is 12.1 Å². The average molecular weight is 385 g/mol. The number of thiocarbonyl (C=S) groups is 1. The van der Waals surface area contributed by atoms with Crippen LogP contribution in [-0.2, 0) is 0 Å². The van der Waals surface area contributed by atoms with E-state index in [1.807, 2.05) is 0 Å². The van der Waals surface area contributed by atoms with Crippen LogP contribution in [0.5, 0.6) is 0 Å². The van der Waals surface area contributed by atoms with Crippen LogP contribution >= 0.6 is 12.2 Å². The average Bonchev–Trinajstić information content (AvgIpc) is 2.68. The second-order valence-corrected chi connectivity index (χ2v) is 6.90. The number of nitrogens with one attached hydrogen (secondary N) is 1. The summed E-state index contributed by atoms with van der Waals surface area (Å²) < 4.78 is 13.8. The second-order valence-electron chi connectivity index (χ2n) is 6.46. The molecule has 1 fully saturated rings. The largest absolute Gasteiger partial charge is 0.389 e. The number of likely N-dealkylation sites (tertiary alicyclic amines) is 1. The van der Waals surface area contributed by atoms with Crippen molar-refractivity contribution in [1.29, 1.82) is 0 Å². The zero-order valence-corrected chi connectivity index (χ0v) is 15.5. The number of carbonyl (C=O) groups excluding carboxylic acids is 2. The highest BCUT2D eigenvalue weighted by molar-refractivity contribution is 7.80. The van der Waals surface area contributed by atoms with Crippen molar-refractivity contribution in [1.82, 2.24) is 10.2 Å². The van der Waals surface area contributed by atoms with Crippen LogP contribution in [0.15, 0.2) is 48.5 Å². The summed E-state index contributed by atoms with van der Waals surface area (Å²) in [6.45, 7) is 0.941. The van der Waals surface area contributed by atoms with Gasteiger partial charge in [0.1, 0.15) is 10.8 Å². The van der Waals surface area contributed by atoms with Gasteiger partial charge in [0.2, 0.25) is 0 Å². The Morgan fingerprint density at radius 1 is 1.04 bits per heavy atom. The molecule has 5 nitrogen and oxygen atoms in total. The van der Waals surface area contributed by atoms with E-state index in [-0.39, 0.29) is 28.4 Å². The Bertz CT molecular complexity index is 862. The normalized spacial score (nSPS) is 14.6. The number of hydrogen-bond acceptors (Lipinski definition) is 3. The standard InChI is InChI=1S/C20H20FN3O2S/c21-17-4-2-1-3-16(17)20(26)24-11-9-15(10-12-24)23-19(25)14-7-5-13(6-8-14)18(22)27/h1-8,15H,9-12H2,(H2,22,27)(H,23,25). The van der Waals surface area contributed by atoms with E-state index in [2.05, 4.69) is 5.32 Å². The van der Waals surface area contributed by atoms with E-state index < -0.39 is 5.82 Å². The molecule has 1 aliphatic heterocycles. The van der Waals surface area contributed by atoms with E-state index in [1.54, 1.807) is 41.3 Å². The number of carbonyl (C=O) groups is 2. The summed E-state index contributed by atoms with van der Waals surface area (Å²) in [6.07, 6.45) is 1.24. The molecule has 0 spiro atoms. The smallest absolute Gasteiger partial charge is 0.256 e. The van der Waals surface area contributed by atoms with Crippen LogP contribution in [-0.4, -0.2) is 40.8 Å². The molecule has 0 unspecified atom stereocenters. The number of halogens is 1. The Labute approximate surface area is 162 Å². The highest BCUT2D eigenvalue weighted by atomic mass is 32.1. The number of benzene rings is 2. The molecule has 0 bridgehead atoms. The topological polar surface area (TPSA) is 75.4 Å². The molecule has 0 saturated carbocycles. The molecule has 0 aliphatic carbocycles. The molecule has 140 valence electrons. The lowest BCUT2D eigenvalue weighted by Gasteiger charge is -2.32. The highest BCUT2D eigenvalue weighted by Gasteiger charge is 2.26. The molecule has 0 atom stereocenters. The zero-order chi connectivity index (χ0) is 19.4. The molecular formula is C20H20FN3O2S. The molecule has 2 amide bonds. The molecule has 3 N–H and O–H groups in total. The molecular weight excluding hydrogens is 365 g/mol. The van der Waals surface area contributed by atoms with Crippen molar-refractivity contribution in [3.8, 4) is 0 Å². The first-order valence-corrected chi connectivity index (χ1v) is 9.11. The summed E-state index contributed by atoms with van der Waals surface area (Å²) in [6, 6.07) is 12.7. The van der Waals surface area contributed by atoms with Gasteiger partial charge in [-0.25, -0.2) is 4.39 Å². The molecule has 1 aliphatic rings. The number of hydrogen-bond donors (Lipinski definition) is 2. The van der Waals surface area contributed by atoms with Gasteiger partial charge in [-0.3, -0.25) is 9.59 Å². The summed E-state index contributed by atoms with van der Waals surface area (Å²) in [4.78, 5) is 26.7. The molecule has 2 aromatic rings. The first-order valence-electron chi connectivity index (χ1n) is 8.70. The quantitative estimate of drug-likeness (QED) is 0.793. The molecule has 0 aromatic heterocycles. The van der Waals surface area contributed by atoms with E-state index >= 15 is 0 Å². The molecule has 1 heterocycles. The van der Waals surface area contributed by atoms with Gasteiger partial charge in [0.25, 0.3) is 11.8 Å². The molecule has 0 radical (unpaired) electrons. The fourth-order valence-electron chi connectivity index (χ4n) is 3.09. The van der Waals surface area contributed by atoms with E-state index in [9.17, 15) is 14.0 Å². The van der Waals surface area contributed by atoms with E-state index in [0.717, 1.165) is 0 Å². The third-order valence-electron chi connectivity index (χ3n) is 4.65. The van der Waals surface area contributed by atoms with Crippen molar-refractivity contribution in [2.75, 3.05) is 13.1 Å². The maximum Gasteiger partial charge on any atom is 0.256 e. The summed E-state index contributed by atoms with van der Waals surface area (Å²) in [5.41, 5.74) is 6.87. The van der Waals surface area contributed by atoms with Crippen LogP contribution in [0.25, 0.3) is 0 Å². The zero-order valence-electron chi connectivity index (χ0n) is 14.7. The minimum Gasteiger partial charge on any atom is -0.389 e. The lowest BCUT2D eigenvalue weighted by molar-refractivity contribution is 0.0693. The Kier molecular flexibility index (Phi) is 5.81. The fraction of sp³-hybridized carbons (Fsp3) is 0.250. The third kappa shape index (κ3) is 4.49. The van der Waals surface area contributed by atoms with Gasteiger partial charge in [-0.05, 0) is 37.1 Å². The van der Waals surface area contributed by atoms with Crippen molar-refractivity contribution in [3.63, 3.8) is 0 Å². The van der Waals surface area contributed by atoms with Crippen molar-refractivity contribution >= 4 is 29.0 Å². The van der Waals surface area contributed by atoms with Crippen molar-refractivity contribution < 1.29 is 14.0 Å². The summed E-state index contributed by atoms with van der Waals surface area (Å²) >= 11 is 4.90. The monoisotopic (exact) mass is 385 g/mol. The van der Waals surface area contributed by atoms with Crippen LogP contribution in [0.4, 0.5) is 4.39 Å². The Balaban J connectivity index is 1.55. The first-order chi connectivity index (χ1) is 13.0. The minimum absolute atomic E-state index is 0.0302. The number of rotatable bonds is 4. The van der Waals surface area contributed by atoms with Gasteiger partial charge in [-0.1, -0.05) is 36.5 Å². The predicted octanol–water partition coefficient (Wildman–Crippen LogP) is 2.49. The van der Waals surface area contributed by atoms with Crippen molar-refractivity contribution in [2.24, 2.45) is 5.73 Å². The lowest BCUT2D eigenvalue weighted by atomic mass is 10.0. The van der Waals surface area contributed by atoms with Crippen LogP contribution < -0.4 is 11.1 Å². The number of nitrogens with two attached hydrogens (primary N) is 1. The second kappa shape index (κ2) is 8.26. The van der Waals surface area contributed by atoms with Crippen LogP contribution in [0.2, 0.25) is 0 Å². The van der Waals surface area contributed by atoms with Gasteiger partial charge in [0.05, 0.1) is 5.56 Å².